The van der Waals surface area contributed by atoms with Crippen molar-refractivity contribution in [2.24, 2.45) is 5.73 Å². The maximum absolute atomic E-state index is 5.27. The lowest BCUT2D eigenvalue weighted by molar-refractivity contribution is 0.542. The first-order valence-corrected chi connectivity index (χ1v) is 3.24. The van der Waals surface area contributed by atoms with Crippen LogP contribution >= 0.6 is 0 Å². The van der Waals surface area contributed by atoms with Gasteiger partial charge in [0.2, 0.25) is 0 Å². The molecule has 0 aromatic carbocycles. The fraction of sp³-hybridized carbons (Fsp3) is 1.00. The van der Waals surface area contributed by atoms with E-state index in [2.05, 4.69) is 19.2 Å². The molecule has 0 aliphatic heterocycles. The van der Waals surface area contributed by atoms with E-state index in [-0.39, 0.29) is 0 Å². The van der Waals surface area contributed by atoms with Gasteiger partial charge in [0.05, 0.1) is 0 Å². The van der Waals surface area contributed by atoms with Gasteiger partial charge in [0.1, 0.15) is 0 Å². The zero-order chi connectivity index (χ0) is 6.41. The molecule has 50 valence electrons. The first-order chi connectivity index (χ1) is 3.81. The van der Waals surface area contributed by atoms with E-state index in [1.165, 1.54) is 6.42 Å². The molecule has 0 aliphatic carbocycles. The molecule has 2 heteroatoms. The van der Waals surface area contributed by atoms with E-state index >= 15 is 0 Å². The van der Waals surface area contributed by atoms with Crippen molar-refractivity contribution in [3.63, 3.8) is 0 Å². The number of hydrogen-bond donors (Lipinski definition) is 2. The Morgan fingerprint density at radius 1 is 1.62 bits per heavy atom. The van der Waals surface area contributed by atoms with Crippen LogP contribution in [0, 0.1) is 0 Å². The van der Waals surface area contributed by atoms with Crippen LogP contribution in [-0.4, -0.2) is 19.1 Å². The lowest BCUT2D eigenvalue weighted by Crippen LogP contribution is -2.30. The first-order valence-electron chi connectivity index (χ1n) is 3.24. The molecule has 0 saturated carbocycles. The largest absolute Gasteiger partial charge is 0.329 e. The van der Waals surface area contributed by atoms with Crippen molar-refractivity contribution in [2.45, 2.75) is 26.3 Å². The minimum Gasteiger partial charge on any atom is -0.329 e. The van der Waals surface area contributed by atoms with Crippen LogP contribution in [0.2, 0.25) is 0 Å². The second kappa shape index (κ2) is 5.06. The fourth-order valence-electron chi connectivity index (χ4n) is 0.474. The third-order valence-corrected chi connectivity index (χ3v) is 1.25. The molecule has 0 fully saturated rings. The van der Waals surface area contributed by atoms with Gasteiger partial charge in [-0.2, -0.15) is 0 Å². The fourth-order valence-corrected chi connectivity index (χ4v) is 0.474. The summed E-state index contributed by atoms with van der Waals surface area (Å²) in [6, 6.07) is 0.624. The summed E-state index contributed by atoms with van der Waals surface area (Å²) in [5.41, 5.74) is 5.27. The highest BCUT2D eigenvalue weighted by atomic mass is 14.9. The van der Waals surface area contributed by atoms with Gasteiger partial charge in [0, 0.05) is 19.1 Å². The van der Waals surface area contributed by atoms with Crippen LogP contribution in [0.5, 0.6) is 0 Å². The summed E-state index contributed by atoms with van der Waals surface area (Å²) < 4.78 is 0. The van der Waals surface area contributed by atoms with Gasteiger partial charge in [0.25, 0.3) is 0 Å². The molecule has 0 amide bonds. The van der Waals surface area contributed by atoms with Gasteiger partial charge in [-0.15, -0.1) is 0 Å². The highest BCUT2D eigenvalue weighted by molar-refractivity contribution is 4.56. The molecular formula is C6H16N2. The maximum Gasteiger partial charge on any atom is 0.00769 e. The molecule has 3 N–H and O–H groups in total. The van der Waals surface area contributed by atoms with E-state index in [1.807, 2.05) is 0 Å². The molecule has 0 bridgehead atoms. The smallest absolute Gasteiger partial charge is 0.00769 e. The zero-order valence-electron chi connectivity index (χ0n) is 5.78. The van der Waals surface area contributed by atoms with Gasteiger partial charge in [-0.25, -0.2) is 0 Å². The molecule has 0 heterocycles. The summed E-state index contributed by atoms with van der Waals surface area (Å²) >= 11 is 0. The third-order valence-electron chi connectivity index (χ3n) is 1.25. The molecule has 0 saturated heterocycles. The van der Waals surface area contributed by atoms with Gasteiger partial charge in [-0.1, -0.05) is 6.92 Å². The highest BCUT2D eigenvalue weighted by Gasteiger charge is 1.92. The maximum atomic E-state index is 5.27. The van der Waals surface area contributed by atoms with E-state index in [1.54, 1.807) is 0 Å². The number of hydrogen-bond acceptors (Lipinski definition) is 2. The summed E-state index contributed by atoms with van der Waals surface area (Å²) in [7, 11) is 0. The van der Waals surface area contributed by atoms with Gasteiger partial charge < -0.3 is 11.1 Å². The quantitative estimate of drug-likeness (QED) is 0.555. The van der Waals surface area contributed by atoms with Gasteiger partial charge in [-0.3, -0.25) is 0 Å². The molecule has 8 heavy (non-hydrogen) atoms. The normalized spacial score (nSPS) is 13.9. The van der Waals surface area contributed by atoms with E-state index in [0.717, 1.165) is 13.1 Å². The minimum absolute atomic E-state index is 0.624. The topological polar surface area (TPSA) is 38.0 Å². The van der Waals surface area contributed by atoms with Gasteiger partial charge in [-0.05, 0) is 13.3 Å². The van der Waals surface area contributed by atoms with E-state index in [4.69, 9.17) is 5.73 Å². The van der Waals surface area contributed by atoms with Crippen LogP contribution in [-0.2, 0) is 0 Å². The summed E-state index contributed by atoms with van der Waals surface area (Å²) in [5, 5.41) is 3.26. The lowest BCUT2D eigenvalue weighted by Gasteiger charge is -2.08. The van der Waals surface area contributed by atoms with Crippen LogP contribution in [0.1, 0.15) is 20.3 Å². The molecule has 0 radical (unpaired) electrons. The monoisotopic (exact) mass is 116 g/mol. The first kappa shape index (κ1) is 7.92. The van der Waals surface area contributed by atoms with Gasteiger partial charge in [0.15, 0.2) is 0 Å². The Bertz CT molecular complexity index is 45.8. The Morgan fingerprint density at radius 2 is 2.25 bits per heavy atom. The highest BCUT2D eigenvalue weighted by Crippen LogP contribution is 1.84. The summed E-state index contributed by atoms with van der Waals surface area (Å²) in [6.45, 7) is 6.00. The Kier molecular flexibility index (Phi) is 5.01. The third kappa shape index (κ3) is 4.09. The average molecular weight is 116 g/mol. The molecule has 1 atom stereocenters. The molecule has 0 aromatic rings. The van der Waals surface area contributed by atoms with Gasteiger partial charge >= 0.3 is 0 Å². The zero-order valence-corrected chi connectivity index (χ0v) is 5.78. The Labute approximate surface area is 51.5 Å². The number of nitrogens with one attached hydrogen (secondary N) is 1. The lowest BCUT2D eigenvalue weighted by atomic mass is 10.3. The van der Waals surface area contributed by atoms with Crippen LogP contribution in [0.25, 0.3) is 0 Å². The predicted molar refractivity (Wildman–Crippen MR) is 36.8 cm³/mol. The van der Waals surface area contributed by atoms with Crippen LogP contribution < -0.4 is 11.1 Å². The van der Waals surface area contributed by atoms with E-state index in [9.17, 15) is 0 Å². The Balaban J connectivity index is 2.86. The van der Waals surface area contributed by atoms with Crippen LogP contribution in [0.4, 0.5) is 0 Å². The molecule has 0 aliphatic rings. The van der Waals surface area contributed by atoms with Crippen molar-refractivity contribution in [1.82, 2.24) is 5.32 Å². The minimum atomic E-state index is 0.624. The standard InChI is InChI=1S/C6H16N2/c1-3-6(2)8-5-4-7/h6,8H,3-5,7H2,1-2H3/t6-/m1/s1. The number of rotatable bonds is 4. The van der Waals surface area contributed by atoms with E-state index in [0.29, 0.717) is 6.04 Å². The van der Waals surface area contributed by atoms with Crippen molar-refractivity contribution < 1.29 is 0 Å². The second-order valence-electron chi connectivity index (χ2n) is 2.05. The SMILES string of the molecule is CC[C@@H](C)NCCN. The number of nitrogens with two attached hydrogens (primary N) is 1. The summed E-state index contributed by atoms with van der Waals surface area (Å²) in [5.74, 6) is 0. The van der Waals surface area contributed by atoms with Crippen molar-refractivity contribution in [3.05, 3.63) is 0 Å². The molecular weight excluding hydrogens is 100 g/mol. The summed E-state index contributed by atoms with van der Waals surface area (Å²) in [4.78, 5) is 0. The molecule has 0 rings (SSSR count). The average Bonchev–Trinajstić information content (AvgIpc) is 1.83. The van der Waals surface area contributed by atoms with Crippen molar-refractivity contribution in [3.8, 4) is 0 Å². The van der Waals surface area contributed by atoms with Crippen LogP contribution in [0.15, 0.2) is 0 Å². The second-order valence-corrected chi connectivity index (χ2v) is 2.05. The van der Waals surface area contributed by atoms with Crippen molar-refractivity contribution in [2.75, 3.05) is 13.1 Å². The van der Waals surface area contributed by atoms with Crippen molar-refractivity contribution >= 4 is 0 Å². The molecule has 0 unspecified atom stereocenters. The molecule has 0 spiro atoms. The summed E-state index contributed by atoms with van der Waals surface area (Å²) in [6.07, 6.45) is 1.18. The predicted octanol–water partition coefficient (Wildman–Crippen LogP) is 0.333. The Morgan fingerprint density at radius 3 is 2.62 bits per heavy atom. The van der Waals surface area contributed by atoms with E-state index < -0.39 is 0 Å². The van der Waals surface area contributed by atoms with Crippen LogP contribution in [0.3, 0.4) is 0 Å². The van der Waals surface area contributed by atoms with Crippen molar-refractivity contribution in [1.29, 1.82) is 0 Å². The Hall–Kier alpha value is -0.0800. The molecule has 0 aromatic heterocycles. The molecule has 2 nitrogen and oxygen atoms in total.